The summed E-state index contributed by atoms with van der Waals surface area (Å²) >= 11 is 0. The summed E-state index contributed by atoms with van der Waals surface area (Å²) in [5, 5.41) is 3.16. The van der Waals surface area contributed by atoms with E-state index in [0.29, 0.717) is 11.5 Å². The first-order valence-corrected chi connectivity index (χ1v) is 10.0. The molecule has 0 aromatic heterocycles. The first kappa shape index (κ1) is 20.2. The maximum atomic E-state index is 12.8. The van der Waals surface area contributed by atoms with Gasteiger partial charge in [0, 0.05) is 24.7 Å². The molecule has 8 heteroatoms. The summed E-state index contributed by atoms with van der Waals surface area (Å²) in [6.07, 6.45) is 3.88. The number of nitrogens with zero attached hydrogens (tertiary/aromatic N) is 1. The van der Waals surface area contributed by atoms with E-state index in [1.165, 1.54) is 6.07 Å². The molecule has 1 unspecified atom stereocenters. The zero-order chi connectivity index (χ0) is 17.2. The van der Waals surface area contributed by atoms with Gasteiger partial charge >= 0.3 is 0 Å². The van der Waals surface area contributed by atoms with Crippen molar-refractivity contribution in [2.45, 2.75) is 36.6 Å². The van der Waals surface area contributed by atoms with Crippen LogP contribution >= 0.6 is 12.4 Å². The van der Waals surface area contributed by atoms with E-state index in [-0.39, 0.29) is 29.3 Å². The van der Waals surface area contributed by atoms with Gasteiger partial charge in [-0.2, -0.15) is 0 Å². The number of halogens is 1. The molecule has 0 radical (unpaired) electrons. The molecule has 2 aliphatic rings. The lowest BCUT2D eigenvalue weighted by Crippen LogP contribution is -2.42. The fourth-order valence-corrected chi connectivity index (χ4v) is 4.52. The predicted octanol–water partition coefficient (Wildman–Crippen LogP) is 1.62. The lowest BCUT2D eigenvalue weighted by molar-refractivity contribution is 0.0674. The molecule has 0 spiro atoms. The van der Waals surface area contributed by atoms with Crippen LogP contribution in [0.15, 0.2) is 29.2 Å². The Balaban J connectivity index is 0.00000225. The van der Waals surface area contributed by atoms with Crippen LogP contribution in [-0.4, -0.2) is 51.9 Å². The minimum Gasteiger partial charge on any atom is -0.338 e. The van der Waals surface area contributed by atoms with Crippen molar-refractivity contribution in [1.82, 2.24) is 14.9 Å². The monoisotopic (exact) mass is 387 g/mol. The number of carbonyl (C=O) groups excluding carboxylic acids is 1. The molecular weight excluding hydrogens is 362 g/mol. The summed E-state index contributed by atoms with van der Waals surface area (Å²) in [6, 6.07) is 6.43. The maximum absolute atomic E-state index is 12.8. The second-order valence-corrected chi connectivity index (χ2v) is 8.45. The average Bonchev–Trinajstić information content (AvgIpc) is 3.38. The minimum absolute atomic E-state index is 0. The van der Waals surface area contributed by atoms with Crippen LogP contribution < -0.4 is 10.0 Å². The number of amides is 1. The van der Waals surface area contributed by atoms with Crippen LogP contribution in [0.3, 0.4) is 0 Å². The van der Waals surface area contributed by atoms with Crippen molar-refractivity contribution < 1.29 is 13.2 Å². The molecule has 1 saturated heterocycles. The smallest absolute Gasteiger partial charge is 0.253 e. The Labute approximate surface area is 155 Å². The van der Waals surface area contributed by atoms with Gasteiger partial charge in [-0.3, -0.25) is 4.79 Å². The molecule has 25 heavy (non-hydrogen) atoms. The standard InChI is InChI=1S/C17H25N3O3S.ClH/c1-18-11-13-4-3-9-20(12-13)17(21)14-5-2-6-16(10-14)24(22,23)19-15-7-8-15;/h2,5-6,10,13,15,18-19H,3-4,7-9,11-12H2,1H3;1H. The van der Waals surface area contributed by atoms with Crippen molar-refractivity contribution in [3.05, 3.63) is 29.8 Å². The highest BCUT2D eigenvalue weighted by atomic mass is 35.5. The van der Waals surface area contributed by atoms with Gasteiger partial charge in [0.15, 0.2) is 0 Å². The number of piperidine rings is 1. The number of sulfonamides is 1. The van der Waals surface area contributed by atoms with Gasteiger partial charge in [0.1, 0.15) is 0 Å². The minimum atomic E-state index is -3.53. The number of nitrogens with one attached hydrogen (secondary N) is 2. The number of likely N-dealkylation sites (tertiary alicyclic amines) is 1. The van der Waals surface area contributed by atoms with Gasteiger partial charge in [0.25, 0.3) is 5.91 Å². The van der Waals surface area contributed by atoms with E-state index < -0.39 is 10.0 Å². The fraction of sp³-hybridized carbons (Fsp3) is 0.588. The quantitative estimate of drug-likeness (QED) is 0.777. The van der Waals surface area contributed by atoms with Gasteiger partial charge in [-0.1, -0.05) is 6.07 Å². The highest BCUT2D eigenvalue weighted by Crippen LogP contribution is 2.23. The van der Waals surface area contributed by atoms with E-state index in [2.05, 4.69) is 10.0 Å². The van der Waals surface area contributed by atoms with Crippen molar-refractivity contribution >= 4 is 28.3 Å². The van der Waals surface area contributed by atoms with E-state index in [0.717, 1.165) is 45.3 Å². The third kappa shape index (κ3) is 5.17. The lowest BCUT2D eigenvalue weighted by atomic mass is 9.97. The Bertz CT molecular complexity index is 705. The molecule has 1 aliphatic heterocycles. The number of rotatable bonds is 6. The number of carbonyl (C=O) groups is 1. The highest BCUT2D eigenvalue weighted by Gasteiger charge is 2.29. The van der Waals surface area contributed by atoms with Gasteiger partial charge in [-0.25, -0.2) is 13.1 Å². The van der Waals surface area contributed by atoms with Crippen LogP contribution in [0.2, 0.25) is 0 Å². The first-order valence-electron chi connectivity index (χ1n) is 8.56. The molecule has 1 aromatic rings. The van der Waals surface area contributed by atoms with Gasteiger partial charge in [0.05, 0.1) is 4.90 Å². The highest BCUT2D eigenvalue weighted by molar-refractivity contribution is 7.89. The molecular formula is C17H26ClN3O3S. The SMILES string of the molecule is CNCC1CCCN(C(=O)c2cccc(S(=O)(=O)NC3CC3)c2)C1.Cl. The Morgan fingerprint density at radius 3 is 2.72 bits per heavy atom. The van der Waals surface area contributed by atoms with Gasteiger partial charge < -0.3 is 10.2 Å². The molecule has 1 aliphatic carbocycles. The summed E-state index contributed by atoms with van der Waals surface area (Å²) < 4.78 is 27.3. The van der Waals surface area contributed by atoms with Crippen LogP contribution in [0.1, 0.15) is 36.0 Å². The number of benzene rings is 1. The normalized spacial score (nSPS) is 20.8. The van der Waals surface area contributed by atoms with E-state index in [1.54, 1.807) is 18.2 Å². The lowest BCUT2D eigenvalue weighted by Gasteiger charge is -2.32. The molecule has 1 aromatic carbocycles. The van der Waals surface area contributed by atoms with Crippen LogP contribution in [0, 0.1) is 5.92 Å². The molecule has 1 atom stereocenters. The van der Waals surface area contributed by atoms with Gasteiger partial charge in [0.2, 0.25) is 10.0 Å². The predicted molar refractivity (Wildman–Crippen MR) is 99.6 cm³/mol. The Hall–Kier alpha value is -1.15. The summed E-state index contributed by atoms with van der Waals surface area (Å²) in [5.74, 6) is 0.371. The zero-order valence-corrected chi connectivity index (χ0v) is 16.0. The molecule has 2 N–H and O–H groups in total. The second-order valence-electron chi connectivity index (χ2n) is 6.74. The molecule has 6 nitrogen and oxygen atoms in total. The fourth-order valence-electron chi connectivity index (χ4n) is 3.17. The van der Waals surface area contributed by atoms with Crippen molar-refractivity contribution in [3.8, 4) is 0 Å². The summed E-state index contributed by atoms with van der Waals surface area (Å²) in [7, 11) is -1.62. The molecule has 1 saturated carbocycles. The van der Waals surface area contributed by atoms with Gasteiger partial charge in [-0.05, 0) is 63.4 Å². The van der Waals surface area contributed by atoms with Crippen molar-refractivity contribution in [3.63, 3.8) is 0 Å². The van der Waals surface area contributed by atoms with Crippen LogP contribution in [0.4, 0.5) is 0 Å². The van der Waals surface area contributed by atoms with E-state index >= 15 is 0 Å². The second kappa shape index (κ2) is 8.49. The summed E-state index contributed by atoms with van der Waals surface area (Å²) in [4.78, 5) is 14.8. The molecule has 140 valence electrons. The molecule has 0 bridgehead atoms. The molecule has 1 heterocycles. The third-order valence-corrected chi connectivity index (χ3v) is 6.11. The average molecular weight is 388 g/mol. The van der Waals surface area contributed by atoms with Crippen LogP contribution in [-0.2, 0) is 10.0 Å². The van der Waals surface area contributed by atoms with Crippen LogP contribution in [0.5, 0.6) is 0 Å². The zero-order valence-electron chi connectivity index (χ0n) is 14.4. The summed E-state index contributed by atoms with van der Waals surface area (Å²) in [6.45, 7) is 2.34. The topological polar surface area (TPSA) is 78.5 Å². The van der Waals surface area contributed by atoms with Crippen molar-refractivity contribution in [2.24, 2.45) is 5.92 Å². The van der Waals surface area contributed by atoms with E-state index in [9.17, 15) is 13.2 Å². The number of hydrogen-bond donors (Lipinski definition) is 2. The molecule has 1 amide bonds. The Morgan fingerprint density at radius 1 is 1.28 bits per heavy atom. The largest absolute Gasteiger partial charge is 0.338 e. The third-order valence-electron chi connectivity index (χ3n) is 4.59. The van der Waals surface area contributed by atoms with E-state index in [1.807, 2.05) is 11.9 Å². The van der Waals surface area contributed by atoms with Crippen molar-refractivity contribution in [1.29, 1.82) is 0 Å². The van der Waals surface area contributed by atoms with Crippen molar-refractivity contribution in [2.75, 3.05) is 26.7 Å². The Morgan fingerprint density at radius 2 is 2.04 bits per heavy atom. The van der Waals surface area contributed by atoms with Gasteiger partial charge in [-0.15, -0.1) is 12.4 Å². The molecule has 2 fully saturated rings. The van der Waals surface area contributed by atoms with E-state index in [4.69, 9.17) is 0 Å². The Kier molecular flexibility index (Phi) is 6.85. The number of hydrogen-bond acceptors (Lipinski definition) is 4. The van der Waals surface area contributed by atoms with Crippen LogP contribution in [0.25, 0.3) is 0 Å². The summed E-state index contributed by atoms with van der Waals surface area (Å²) in [5.41, 5.74) is 0.443. The molecule has 3 rings (SSSR count). The maximum Gasteiger partial charge on any atom is 0.253 e. The first-order chi connectivity index (χ1) is 11.5.